The van der Waals surface area contributed by atoms with E-state index in [4.69, 9.17) is 4.74 Å². The van der Waals surface area contributed by atoms with Gasteiger partial charge in [-0.25, -0.2) is 0 Å². The van der Waals surface area contributed by atoms with Gasteiger partial charge >= 0.3 is 0 Å². The van der Waals surface area contributed by atoms with Crippen molar-refractivity contribution in [2.45, 2.75) is 44.4 Å². The molecule has 0 aromatic heterocycles. The zero-order chi connectivity index (χ0) is 18.2. The van der Waals surface area contributed by atoms with Crippen LogP contribution >= 0.6 is 0 Å². The molecule has 2 aromatic carbocycles. The van der Waals surface area contributed by atoms with E-state index < -0.39 is 0 Å². The van der Waals surface area contributed by atoms with Crippen LogP contribution in [0.25, 0.3) is 0 Å². The molecule has 1 heterocycles. The summed E-state index contributed by atoms with van der Waals surface area (Å²) in [4.78, 5) is 12.4. The Morgan fingerprint density at radius 2 is 1.65 bits per heavy atom. The SMILES string of the molecule is CCc1ccc(CCC(=O)NCC2(c3ccccc3)CCOCC2)cc1. The van der Waals surface area contributed by atoms with E-state index in [-0.39, 0.29) is 11.3 Å². The van der Waals surface area contributed by atoms with Gasteiger partial charge in [-0.3, -0.25) is 4.79 Å². The van der Waals surface area contributed by atoms with Crippen LogP contribution < -0.4 is 5.32 Å². The lowest BCUT2D eigenvalue weighted by molar-refractivity contribution is -0.121. The van der Waals surface area contributed by atoms with E-state index in [0.29, 0.717) is 13.0 Å². The van der Waals surface area contributed by atoms with E-state index in [2.05, 4.69) is 60.8 Å². The predicted octanol–water partition coefficient (Wildman–Crippen LogP) is 4.05. The molecule has 3 nitrogen and oxygen atoms in total. The van der Waals surface area contributed by atoms with Gasteiger partial charge in [-0.05, 0) is 42.4 Å². The van der Waals surface area contributed by atoms with Crippen LogP contribution in [0.5, 0.6) is 0 Å². The molecule has 0 saturated carbocycles. The Bertz CT molecular complexity index is 688. The van der Waals surface area contributed by atoms with Crippen LogP contribution in [0.15, 0.2) is 54.6 Å². The second kappa shape index (κ2) is 9.00. The molecule has 0 unspecified atom stereocenters. The maximum Gasteiger partial charge on any atom is 0.220 e. The highest BCUT2D eigenvalue weighted by Gasteiger charge is 2.34. The Morgan fingerprint density at radius 1 is 1.00 bits per heavy atom. The van der Waals surface area contributed by atoms with Crippen LogP contribution in [0.3, 0.4) is 0 Å². The highest BCUT2D eigenvalue weighted by atomic mass is 16.5. The fourth-order valence-corrected chi connectivity index (χ4v) is 3.68. The first-order valence-corrected chi connectivity index (χ1v) is 9.70. The highest BCUT2D eigenvalue weighted by molar-refractivity contribution is 5.76. The van der Waals surface area contributed by atoms with Crippen molar-refractivity contribution >= 4 is 5.91 Å². The van der Waals surface area contributed by atoms with Crippen molar-refractivity contribution in [3.63, 3.8) is 0 Å². The minimum atomic E-state index is -0.00204. The summed E-state index contributed by atoms with van der Waals surface area (Å²) >= 11 is 0. The first-order chi connectivity index (χ1) is 12.7. The van der Waals surface area contributed by atoms with Crippen molar-refractivity contribution in [3.05, 3.63) is 71.3 Å². The van der Waals surface area contributed by atoms with Crippen LogP contribution in [0.4, 0.5) is 0 Å². The molecule has 0 radical (unpaired) electrons. The Balaban J connectivity index is 1.55. The monoisotopic (exact) mass is 351 g/mol. The maximum absolute atomic E-state index is 12.4. The van der Waals surface area contributed by atoms with E-state index in [1.807, 2.05) is 6.07 Å². The predicted molar refractivity (Wildman–Crippen MR) is 105 cm³/mol. The summed E-state index contributed by atoms with van der Waals surface area (Å²) in [6.45, 7) is 4.36. The number of rotatable bonds is 7. The minimum absolute atomic E-state index is 0.00204. The average molecular weight is 351 g/mol. The molecular formula is C23H29NO2. The van der Waals surface area contributed by atoms with E-state index in [0.717, 1.165) is 38.9 Å². The molecule has 138 valence electrons. The van der Waals surface area contributed by atoms with Crippen molar-refractivity contribution in [1.82, 2.24) is 5.32 Å². The van der Waals surface area contributed by atoms with Crippen molar-refractivity contribution in [2.75, 3.05) is 19.8 Å². The minimum Gasteiger partial charge on any atom is -0.381 e. The maximum atomic E-state index is 12.4. The Morgan fingerprint density at radius 3 is 2.31 bits per heavy atom. The third-order valence-electron chi connectivity index (χ3n) is 5.53. The van der Waals surface area contributed by atoms with Crippen molar-refractivity contribution < 1.29 is 9.53 Å². The third-order valence-corrected chi connectivity index (χ3v) is 5.53. The zero-order valence-electron chi connectivity index (χ0n) is 15.7. The lowest BCUT2D eigenvalue weighted by Crippen LogP contribution is -2.44. The van der Waals surface area contributed by atoms with Gasteiger partial charge < -0.3 is 10.1 Å². The van der Waals surface area contributed by atoms with Gasteiger partial charge in [-0.15, -0.1) is 0 Å². The number of hydrogen-bond acceptors (Lipinski definition) is 2. The van der Waals surface area contributed by atoms with Gasteiger partial charge in [0.1, 0.15) is 0 Å². The Labute approximate surface area is 156 Å². The molecule has 1 aliphatic heterocycles. The summed E-state index contributed by atoms with van der Waals surface area (Å²) in [6, 6.07) is 19.1. The van der Waals surface area contributed by atoms with Gasteiger partial charge in [-0.1, -0.05) is 61.5 Å². The summed E-state index contributed by atoms with van der Waals surface area (Å²) in [5.41, 5.74) is 3.86. The molecule has 0 atom stereocenters. The Hall–Kier alpha value is -2.13. The fraction of sp³-hybridized carbons (Fsp3) is 0.435. The van der Waals surface area contributed by atoms with E-state index in [1.165, 1.54) is 16.7 Å². The van der Waals surface area contributed by atoms with Crippen molar-refractivity contribution in [3.8, 4) is 0 Å². The summed E-state index contributed by atoms with van der Waals surface area (Å²) < 4.78 is 5.56. The fourth-order valence-electron chi connectivity index (χ4n) is 3.68. The first kappa shape index (κ1) is 18.7. The molecule has 3 rings (SSSR count). The second-order valence-corrected chi connectivity index (χ2v) is 7.21. The molecule has 26 heavy (non-hydrogen) atoms. The quantitative estimate of drug-likeness (QED) is 0.817. The van der Waals surface area contributed by atoms with E-state index in [1.54, 1.807) is 0 Å². The molecule has 2 aromatic rings. The number of amides is 1. The number of carbonyl (C=O) groups is 1. The largest absolute Gasteiger partial charge is 0.381 e. The van der Waals surface area contributed by atoms with Crippen molar-refractivity contribution in [1.29, 1.82) is 0 Å². The molecule has 0 bridgehead atoms. The molecule has 1 N–H and O–H groups in total. The van der Waals surface area contributed by atoms with Crippen LogP contribution in [0.1, 0.15) is 42.9 Å². The summed E-state index contributed by atoms with van der Waals surface area (Å²) in [6.07, 6.45) is 4.28. The van der Waals surface area contributed by atoms with Gasteiger partial charge in [0.25, 0.3) is 0 Å². The number of hydrogen-bond donors (Lipinski definition) is 1. The van der Waals surface area contributed by atoms with Crippen LogP contribution in [-0.2, 0) is 27.8 Å². The molecule has 0 aliphatic carbocycles. The number of nitrogens with one attached hydrogen (secondary N) is 1. The van der Waals surface area contributed by atoms with E-state index >= 15 is 0 Å². The number of carbonyl (C=O) groups excluding carboxylic acids is 1. The zero-order valence-corrected chi connectivity index (χ0v) is 15.7. The standard InChI is InChI=1S/C23H29NO2/c1-2-19-8-10-20(11-9-19)12-13-22(25)24-18-23(14-16-26-17-15-23)21-6-4-3-5-7-21/h3-11H,2,12-18H2,1H3,(H,24,25). The molecule has 1 aliphatic rings. The van der Waals surface area contributed by atoms with Gasteiger partial charge in [0.2, 0.25) is 5.91 Å². The number of aryl methyl sites for hydroxylation is 2. The second-order valence-electron chi connectivity index (χ2n) is 7.21. The summed E-state index contributed by atoms with van der Waals surface area (Å²) in [7, 11) is 0. The summed E-state index contributed by atoms with van der Waals surface area (Å²) in [5.74, 6) is 0.131. The molecule has 0 spiro atoms. The van der Waals surface area contributed by atoms with Gasteiger partial charge in [0.15, 0.2) is 0 Å². The smallest absolute Gasteiger partial charge is 0.220 e. The van der Waals surface area contributed by atoms with Crippen LogP contribution in [-0.4, -0.2) is 25.7 Å². The molecule has 3 heteroatoms. The van der Waals surface area contributed by atoms with Crippen LogP contribution in [0.2, 0.25) is 0 Å². The first-order valence-electron chi connectivity index (χ1n) is 9.70. The topological polar surface area (TPSA) is 38.3 Å². The number of benzene rings is 2. The lowest BCUT2D eigenvalue weighted by Gasteiger charge is -2.38. The number of ether oxygens (including phenoxy) is 1. The average Bonchev–Trinajstić information content (AvgIpc) is 2.72. The molecule has 1 amide bonds. The normalized spacial score (nSPS) is 16.2. The summed E-state index contributed by atoms with van der Waals surface area (Å²) in [5, 5.41) is 3.19. The molecular weight excluding hydrogens is 322 g/mol. The van der Waals surface area contributed by atoms with E-state index in [9.17, 15) is 4.79 Å². The van der Waals surface area contributed by atoms with Gasteiger partial charge in [0.05, 0.1) is 0 Å². The Kier molecular flexibility index (Phi) is 6.45. The van der Waals surface area contributed by atoms with Gasteiger partial charge in [0, 0.05) is 31.6 Å². The van der Waals surface area contributed by atoms with Crippen molar-refractivity contribution in [2.24, 2.45) is 0 Å². The van der Waals surface area contributed by atoms with Crippen LogP contribution in [0, 0.1) is 0 Å². The molecule has 1 fully saturated rings. The van der Waals surface area contributed by atoms with Gasteiger partial charge in [-0.2, -0.15) is 0 Å². The lowest BCUT2D eigenvalue weighted by atomic mass is 9.74. The highest BCUT2D eigenvalue weighted by Crippen LogP contribution is 2.34. The molecule has 1 saturated heterocycles. The third kappa shape index (κ3) is 4.73.